The molecule has 0 aliphatic rings. The average Bonchev–Trinajstić information content (AvgIpc) is 2.41. The predicted octanol–water partition coefficient (Wildman–Crippen LogP) is 4.89. The number of aryl methyl sites for hydroxylation is 1. The molecule has 0 atom stereocenters. The van der Waals surface area contributed by atoms with Crippen LogP contribution in [0.25, 0.3) is 0 Å². The lowest BCUT2D eigenvalue weighted by Gasteiger charge is -2.22. The molecule has 0 aliphatic heterocycles. The molecule has 0 saturated carbocycles. The van der Waals surface area contributed by atoms with E-state index in [-0.39, 0.29) is 23.1 Å². The summed E-state index contributed by atoms with van der Waals surface area (Å²) in [7, 11) is 0. The number of rotatable bonds is 6. The van der Waals surface area contributed by atoms with Gasteiger partial charge in [0.1, 0.15) is 0 Å². The highest BCUT2D eigenvalue weighted by Gasteiger charge is 2.27. The van der Waals surface area contributed by atoms with Crippen LogP contribution in [0.3, 0.4) is 0 Å². The lowest BCUT2D eigenvalue weighted by molar-refractivity contribution is 0.0488. The van der Waals surface area contributed by atoms with E-state index < -0.39 is 11.9 Å². The second kappa shape index (κ2) is 7.82. The van der Waals surface area contributed by atoms with Gasteiger partial charge < -0.3 is 9.84 Å². The van der Waals surface area contributed by atoms with E-state index in [1.54, 1.807) is 6.92 Å². The maximum atomic E-state index is 12.3. The molecular weight excluding hydrogens is 316 g/mol. The summed E-state index contributed by atoms with van der Waals surface area (Å²) in [5, 5.41) is 10.0. The van der Waals surface area contributed by atoms with Gasteiger partial charge in [-0.05, 0) is 42.4 Å². The number of ether oxygens (including phenoxy) is 1. The fraction of sp³-hybridized carbons (Fsp3) is 0.556. The first kappa shape index (κ1) is 19.5. The number of hydrogen-bond acceptors (Lipinski definition) is 3. The van der Waals surface area contributed by atoms with E-state index in [4.69, 9.17) is 16.3 Å². The molecule has 4 nitrogen and oxygen atoms in total. The Balaban J connectivity index is 3.40. The molecule has 0 aliphatic carbocycles. The predicted molar refractivity (Wildman–Crippen MR) is 91.5 cm³/mol. The summed E-state index contributed by atoms with van der Waals surface area (Å²) in [5.74, 6) is -1.76. The molecule has 0 saturated heterocycles. The van der Waals surface area contributed by atoms with Crippen molar-refractivity contribution >= 4 is 23.5 Å². The number of unbranched alkanes of at least 4 members (excludes halogenated alkanes) is 1. The van der Waals surface area contributed by atoms with E-state index in [0.29, 0.717) is 22.6 Å². The lowest BCUT2D eigenvalue weighted by atomic mass is 9.84. The van der Waals surface area contributed by atoms with Crippen molar-refractivity contribution in [1.29, 1.82) is 0 Å². The molecule has 0 bridgehead atoms. The van der Waals surface area contributed by atoms with E-state index in [1.807, 2.05) is 27.7 Å². The van der Waals surface area contributed by atoms with Crippen molar-refractivity contribution in [2.45, 2.75) is 53.9 Å². The number of carbonyl (C=O) groups is 2. The molecule has 0 amide bonds. The summed E-state index contributed by atoms with van der Waals surface area (Å²) in [5.41, 5.74) is 1.05. The van der Waals surface area contributed by atoms with E-state index in [0.717, 1.165) is 12.8 Å². The van der Waals surface area contributed by atoms with Crippen molar-refractivity contribution in [3.8, 4) is 0 Å². The van der Waals surface area contributed by atoms with E-state index in [2.05, 4.69) is 0 Å². The standard InChI is InChI=1S/C18H25ClO4/c1-6-7-8-23-17(22)12-9-11(2)15(19)13(10-18(3,4)5)14(12)16(20)21/h9H,6-8,10H2,1-5H3,(H,20,21). The first-order valence-corrected chi connectivity index (χ1v) is 8.18. The largest absolute Gasteiger partial charge is 0.478 e. The van der Waals surface area contributed by atoms with Crippen LogP contribution in [-0.4, -0.2) is 23.7 Å². The average molecular weight is 341 g/mol. The van der Waals surface area contributed by atoms with Gasteiger partial charge in [-0.25, -0.2) is 9.59 Å². The number of carboxylic acid groups (broad SMARTS) is 1. The van der Waals surface area contributed by atoms with Crippen LogP contribution < -0.4 is 0 Å². The van der Waals surface area contributed by atoms with Crippen molar-refractivity contribution in [3.63, 3.8) is 0 Å². The van der Waals surface area contributed by atoms with Crippen LogP contribution in [0.1, 0.15) is 72.4 Å². The Hall–Kier alpha value is -1.55. The molecule has 5 heteroatoms. The minimum absolute atomic E-state index is 0.0444. The number of halogens is 1. The topological polar surface area (TPSA) is 63.6 Å². The molecule has 1 N–H and O–H groups in total. The molecule has 0 spiro atoms. The Bertz CT molecular complexity index is 600. The first-order chi connectivity index (χ1) is 10.6. The molecule has 0 fully saturated rings. The van der Waals surface area contributed by atoms with Crippen LogP contribution in [0.2, 0.25) is 5.02 Å². The number of benzene rings is 1. The molecule has 0 radical (unpaired) electrons. The smallest absolute Gasteiger partial charge is 0.339 e. The fourth-order valence-electron chi connectivity index (χ4n) is 2.35. The first-order valence-electron chi connectivity index (χ1n) is 7.81. The van der Waals surface area contributed by atoms with Crippen LogP contribution in [0.4, 0.5) is 0 Å². The van der Waals surface area contributed by atoms with Gasteiger partial charge >= 0.3 is 11.9 Å². The van der Waals surface area contributed by atoms with Gasteiger partial charge in [0.25, 0.3) is 0 Å². The monoisotopic (exact) mass is 340 g/mol. The van der Waals surface area contributed by atoms with Crippen molar-refractivity contribution in [2.24, 2.45) is 5.41 Å². The third kappa shape index (κ3) is 5.24. The van der Waals surface area contributed by atoms with Crippen LogP contribution in [0.15, 0.2) is 6.07 Å². The highest BCUT2D eigenvalue weighted by Crippen LogP contribution is 2.33. The maximum Gasteiger partial charge on any atom is 0.339 e. The summed E-state index contributed by atoms with van der Waals surface area (Å²) in [4.78, 5) is 24.1. The molecular formula is C18H25ClO4. The van der Waals surface area contributed by atoms with Gasteiger partial charge in [0.05, 0.1) is 17.7 Å². The third-order valence-corrected chi connectivity index (χ3v) is 3.94. The third-order valence-electron chi connectivity index (χ3n) is 3.42. The lowest BCUT2D eigenvalue weighted by Crippen LogP contribution is -2.19. The van der Waals surface area contributed by atoms with Gasteiger partial charge in [-0.2, -0.15) is 0 Å². The van der Waals surface area contributed by atoms with Gasteiger partial charge in [-0.1, -0.05) is 45.7 Å². The van der Waals surface area contributed by atoms with Gasteiger partial charge in [0.2, 0.25) is 0 Å². The Kier molecular flexibility index (Phi) is 6.63. The van der Waals surface area contributed by atoms with Crippen molar-refractivity contribution in [3.05, 3.63) is 33.3 Å². The summed E-state index contributed by atoms with van der Waals surface area (Å²) in [6.07, 6.45) is 2.11. The quantitative estimate of drug-likeness (QED) is 0.591. The van der Waals surface area contributed by atoms with Gasteiger partial charge in [0.15, 0.2) is 0 Å². The number of esters is 1. The molecule has 1 rings (SSSR count). The van der Waals surface area contributed by atoms with E-state index >= 15 is 0 Å². The second-order valence-electron chi connectivity index (χ2n) is 6.94. The number of carbonyl (C=O) groups excluding carboxylic acids is 1. The molecule has 23 heavy (non-hydrogen) atoms. The Morgan fingerprint density at radius 2 is 1.91 bits per heavy atom. The zero-order valence-corrected chi connectivity index (χ0v) is 15.2. The number of carboxylic acids is 1. The van der Waals surface area contributed by atoms with Crippen molar-refractivity contribution in [2.75, 3.05) is 6.61 Å². The Morgan fingerprint density at radius 1 is 1.30 bits per heavy atom. The molecule has 0 aromatic heterocycles. The van der Waals surface area contributed by atoms with Crippen molar-refractivity contribution < 1.29 is 19.4 Å². The molecule has 0 unspecified atom stereocenters. The molecule has 1 aromatic rings. The molecule has 1 aromatic carbocycles. The van der Waals surface area contributed by atoms with Crippen LogP contribution >= 0.6 is 11.6 Å². The summed E-state index contributed by atoms with van der Waals surface area (Å²) in [6.45, 7) is 10.0. The van der Waals surface area contributed by atoms with Crippen LogP contribution in [0.5, 0.6) is 0 Å². The van der Waals surface area contributed by atoms with Gasteiger partial charge in [-0.3, -0.25) is 0 Å². The highest BCUT2D eigenvalue weighted by atomic mass is 35.5. The fourth-order valence-corrected chi connectivity index (χ4v) is 2.57. The summed E-state index contributed by atoms with van der Waals surface area (Å²) >= 11 is 6.34. The minimum atomic E-state index is -1.16. The molecule has 128 valence electrons. The Labute approximate surface area is 142 Å². The van der Waals surface area contributed by atoms with Crippen LogP contribution in [-0.2, 0) is 11.2 Å². The van der Waals surface area contributed by atoms with Gasteiger partial charge in [0, 0.05) is 5.02 Å². The second-order valence-corrected chi connectivity index (χ2v) is 7.32. The highest BCUT2D eigenvalue weighted by molar-refractivity contribution is 6.33. The molecule has 0 heterocycles. The summed E-state index contributed by atoms with van der Waals surface area (Å²) in [6, 6.07) is 1.51. The van der Waals surface area contributed by atoms with Gasteiger partial charge in [-0.15, -0.1) is 0 Å². The maximum absolute atomic E-state index is 12.3. The van der Waals surface area contributed by atoms with Crippen LogP contribution in [0, 0.1) is 12.3 Å². The number of hydrogen-bond donors (Lipinski definition) is 1. The van der Waals surface area contributed by atoms with E-state index in [1.165, 1.54) is 6.07 Å². The van der Waals surface area contributed by atoms with Crippen molar-refractivity contribution in [1.82, 2.24) is 0 Å². The zero-order valence-electron chi connectivity index (χ0n) is 14.5. The Morgan fingerprint density at radius 3 is 2.39 bits per heavy atom. The summed E-state index contributed by atoms with van der Waals surface area (Å²) < 4.78 is 5.19. The number of aromatic carboxylic acids is 1. The minimum Gasteiger partial charge on any atom is -0.478 e. The SMILES string of the molecule is CCCCOC(=O)c1cc(C)c(Cl)c(CC(C)(C)C)c1C(=O)O. The van der Waals surface area contributed by atoms with E-state index in [9.17, 15) is 14.7 Å². The zero-order chi connectivity index (χ0) is 17.8. The normalized spacial score (nSPS) is 11.4.